The molecule has 4 nitrogen and oxygen atoms in total. The van der Waals surface area contributed by atoms with Crippen LogP contribution in [-0.2, 0) is 23.8 Å². The Morgan fingerprint density at radius 3 is 1.96 bits per heavy atom. The topological polar surface area (TPSA) is 47.4 Å². The highest BCUT2D eigenvalue weighted by Crippen LogP contribution is 2.32. The van der Waals surface area contributed by atoms with Crippen LogP contribution in [0.5, 0.6) is 0 Å². The van der Waals surface area contributed by atoms with E-state index in [1.54, 1.807) is 0 Å². The lowest BCUT2D eigenvalue weighted by Crippen LogP contribution is -2.07. The third-order valence-corrected chi connectivity index (χ3v) is 3.52. The number of alkyl halides is 6. The highest BCUT2D eigenvalue weighted by molar-refractivity contribution is 6.32. The summed E-state index contributed by atoms with van der Waals surface area (Å²) in [5.41, 5.74) is -2.15. The molecule has 0 atom stereocenters. The molecule has 0 aliphatic carbocycles. The van der Waals surface area contributed by atoms with Gasteiger partial charge in [-0.25, -0.2) is 0 Å². The first-order valence-electron chi connectivity index (χ1n) is 6.58. The van der Waals surface area contributed by atoms with Crippen molar-refractivity contribution in [3.8, 4) is 0 Å². The van der Waals surface area contributed by atoms with Gasteiger partial charge in [0.2, 0.25) is 0 Å². The summed E-state index contributed by atoms with van der Waals surface area (Å²) in [6, 6.07) is 1.36. The summed E-state index contributed by atoms with van der Waals surface area (Å²) in [5.74, 6) is 0. The molecule has 0 saturated heterocycles. The molecule has 2 aromatic heterocycles. The van der Waals surface area contributed by atoms with Gasteiger partial charge in [-0.3, -0.25) is 9.97 Å². The predicted octanol–water partition coefficient (Wildman–Crippen LogP) is 5.37. The standard InChI is InChI=1S/C14H7Cl2F6N3O/c15-9-1-7(13(17,18)19)3-23-11(9)5-25-26-6-12-10(16)2-8(4-24-12)14(20,21)22/h1-5H,6H2. The minimum atomic E-state index is -4.59. The Morgan fingerprint density at radius 1 is 0.923 bits per heavy atom. The van der Waals surface area contributed by atoms with Crippen LogP contribution in [0.15, 0.2) is 29.7 Å². The van der Waals surface area contributed by atoms with E-state index in [1.165, 1.54) is 0 Å². The van der Waals surface area contributed by atoms with Crippen molar-refractivity contribution < 1.29 is 31.2 Å². The van der Waals surface area contributed by atoms with E-state index < -0.39 is 23.5 Å². The largest absolute Gasteiger partial charge is 0.417 e. The number of hydrogen-bond acceptors (Lipinski definition) is 4. The van der Waals surface area contributed by atoms with Crippen LogP contribution in [0.25, 0.3) is 0 Å². The van der Waals surface area contributed by atoms with Gasteiger partial charge >= 0.3 is 12.4 Å². The van der Waals surface area contributed by atoms with Crippen LogP contribution in [0.3, 0.4) is 0 Å². The molecule has 0 aliphatic rings. The van der Waals surface area contributed by atoms with Gasteiger partial charge in [-0.05, 0) is 12.1 Å². The minimum Gasteiger partial charge on any atom is -0.389 e. The molecule has 2 heterocycles. The van der Waals surface area contributed by atoms with E-state index in [2.05, 4.69) is 15.1 Å². The molecule has 0 bridgehead atoms. The molecule has 2 rings (SSSR count). The third kappa shape index (κ3) is 5.21. The maximum atomic E-state index is 12.5. The third-order valence-electron chi connectivity index (χ3n) is 2.89. The second-order valence-electron chi connectivity index (χ2n) is 4.75. The summed E-state index contributed by atoms with van der Waals surface area (Å²) < 4.78 is 74.9. The Bertz CT molecular complexity index is 823. The first-order chi connectivity index (χ1) is 12.0. The summed E-state index contributed by atoms with van der Waals surface area (Å²) in [7, 11) is 0. The van der Waals surface area contributed by atoms with Crippen LogP contribution >= 0.6 is 23.2 Å². The van der Waals surface area contributed by atoms with E-state index in [9.17, 15) is 26.3 Å². The quantitative estimate of drug-likeness (QED) is 0.381. The van der Waals surface area contributed by atoms with E-state index in [4.69, 9.17) is 28.0 Å². The molecule has 0 fully saturated rings. The number of nitrogens with zero attached hydrogens (tertiary/aromatic N) is 3. The van der Waals surface area contributed by atoms with Crippen LogP contribution in [0.1, 0.15) is 22.5 Å². The minimum absolute atomic E-state index is 0.0108. The molecule has 0 aromatic carbocycles. The molecule has 0 radical (unpaired) electrons. The molecule has 140 valence electrons. The lowest BCUT2D eigenvalue weighted by Gasteiger charge is -2.08. The number of halogens is 8. The van der Waals surface area contributed by atoms with Crippen molar-refractivity contribution in [2.24, 2.45) is 5.16 Å². The zero-order chi connectivity index (χ0) is 19.5. The summed E-state index contributed by atoms with van der Waals surface area (Å²) in [6.45, 7) is -0.369. The van der Waals surface area contributed by atoms with Gasteiger partial charge in [0.05, 0.1) is 33.1 Å². The number of rotatable bonds is 4. The van der Waals surface area contributed by atoms with Gasteiger partial charge in [0.25, 0.3) is 0 Å². The van der Waals surface area contributed by atoms with Crippen molar-refractivity contribution in [3.05, 3.63) is 57.1 Å². The molecule has 0 spiro atoms. The van der Waals surface area contributed by atoms with Gasteiger partial charge in [-0.1, -0.05) is 28.4 Å². The van der Waals surface area contributed by atoms with Crippen LogP contribution < -0.4 is 0 Å². The SMILES string of the molecule is FC(F)(F)c1cnc(C=NOCc2ncc(C(F)(F)F)cc2Cl)c(Cl)c1. The highest BCUT2D eigenvalue weighted by atomic mass is 35.5. The van der Waals surface area contributed by atoms with Crippen molar-refractivity contribution in [2.45, 2.75) is 19.0 Å². The molecule has 26 heavy (non-hydrogen) atoms. The average molecular weight is 418 g/mol. The van der Waals surface area contributed by atoms with Gasteiger partial charge < -0.3 is 4.84 Å². The normalized spacial score (nSPS) is 12.6. The van der Waals surface area contributed by atoms with Crippen molar-refractivity contribution in [2.75, 3.05) is 0 Å². The first-order valence-corrected chi connectivity index (χ1v) is 7.34. The maximum Gasteiger partial charge on any atom is 0.417 e. The van der Waals surface area contributed by atoms with Crippen molar-refractivity contribution >= 4 is 29.4 Å². The van der Waals surface area contributed by atoms with E-state index in [1.807, 2.05) is 0 Å². The van der Waals surface area contributed by atoms with E-state index >= 15 is 0 Å². The molecule has 2 aromatic rings. The smallest absolute Gasteiger partial charge is 0.389 e. The fraction of sp³-hybridized carbons (Fsp3) is 0.214. The van der Waals surface area contributed by atoms with Crippen LogP contribution in [-0.4, -0.2) is 16.2 Å². The number of aromatic nitrogens is 2. The Hall–Kier alpha value is -2.07. The molecular weight excluding hydrogens is 411 g/mol. The lowest BCUT2D eigenvalue weighted by molar-refractivity contribution is -0.138. The Balaban J connectivity index is 2.02. The molecule has 0 aliphatic heterocycles. The summed E-state index contributed by atoms with van der Waals surface area (Å²) in [4.78, 5) is 11.8. The zero-order valence-corrected chi connectivity index (χ0v) is 13.9. The molecule has 0 amide bonds. The number of hydrogen-bond donors (Lipinski definition) is 0. The molecular formula is C14H7Cl2F6N3O. The van der Waals surface area contributed by atoms with Crippen LogP contribution in [0.2, 0.25) is 10.0 Å². The predicted molar refractivity (Wildman–Crippen MR) is 80.9 cm³/mol. The van der Waals surface area contributed by atoms with Crippen LogP contribution in [0, 0.1) is 0 Å². The summed E-state index contributed by atoms with van der Waals surface area (Å²) in [5, 5.41) is 2.84. The zero-order valence-electron chi connectivity index (χ0n) is 12.4. The molecule has 0 saturated carbocycles. The maximum absolute atomic E-state index is 12.5. The molecule has 0 unspecified atom stereocenters. The fourth-order valence-electron chi connectivity index (χ4n) is 1.61. The number of oxime groups is 1. The molecule has 0 N–H and O–H groups in total. The van der Waals surface area contributed by atoms with Crippen molar-refractivity contribution in [1.29, 1.82) is 0 Å². The summed E-state index contributed by atoms with van der Waals surface area (Å²) >= 11 is 11.3. The lowest BCUT2D eigenvalue weighted by atomic mass is 10.2. The number of pyridine rings is 2. The summed E-state index contributed by atoms with van der Waals surface area (Å²) in [6.07, 6.45) is -7.07. The molecule has 12 heteroatoms. The second kappa shape index (κ2) is 7.67. The van der Waals surface area contributed by atoms with E-state index in [0.29, 0.717) is 24.5 Å². The second-order valence-corrected chi connectivity index (χ2v) is 5.56. The van der Waals surface area contributed by atoms with Crippen molar-refractivity contribution in [1.82, 2.24) is 9.97 Å². The Labute approximate surface area is 152 Å². The monoisotopic (exact) mass is 417 g/mol. The van der Waals surface area contributed by atoms with E-state index in [0.717, 1.165) is 6.21 Å². The van der Waals surface area contributed by atoms with Gasteiger partial charge in [0.1, 0.15) is 5.69 Å². The van der Waals surface area contributed by atoms with Crippen molar-refractivity contribution in [3.63, 3.8) is 0 Å². The first kappa shape index (κ1) is 20.2. The van der Waals surface area contributed by atoms with Crippen LogP contribution in [0.4, 0.5) is 26.3 Å². The van der Waals surface area contributed by atoms with Gasteiger partial charge in [-0.2, -0.15) is 26.3 Å². The van der Waals surface area contributed by atoms with Gasteiger partial charge in [0.15, 0.2) is 6.61 Å². The van der Waals surface area contributed by atoms with E-state index in [-0.39, 0.29) is 28.0 Å². The average Bonchev–Trinajstić information content (AvgIpc) is 2.52. The Kier molecular flexibility index (Phi) is 5.97. The Morgan fingerprint density at radius 2 is 1.46 bits per heavy atom. The highest BCUT2D eigenvalue weighted by Gasteiger charge is 2.32. The van der Waals surface area contributed by atoms with Gasteiger partial charge in [-0.15, -0.1) is 0 Å². The van der Waals surface area contributed by atoms with Gasteiger partial charge in [0, 0.05) is 12.4 Å². The fourth-order valence-corrected chi connectivity index (χ4v) is 2.05.